The first-order valence-corrected chi connectivity index (χ1v) is 12.1. The van der Waals surface area contributed by atoms with E-state index in [4.69, 9.17) is 10.5 Å². The monoisotopic (exact) mass is 508 g/mol. The van der Waals surface area contributed by atoms with E-state index >= 15 is 0 Å². The predicted octanol–water partition coefficient (Wildman–Crippen LogP) is 4.64. The summed E-state index contributed by atoms with van der Waals surface area (Å²) in [4.78, 5) is 33.2. The fourth-order valence-corrected chi connectivity index (χ4v) is 3.99. The Hall–Kier alpha value is -4.81. The van der Waals surface area contributed by atoms with E-state index in [1.54, 1.807) is 41.4 Å². The molecule has 0 fully saturated rings. The van der Waals surface area contributed by atoms with Crippen molar-refractivity contribution in [2.24, 2.45) is 11.7 Å². The second kappa shape index (κ2) is 11.5. The van der Waals surface area contributed by atoms with E-state index < -0.39 is 12.0 Å². The van der Waals surface area contributed by atoms with Gasteiger partial charge in [0.2, 0.25) is 5.91 Å². The molecule has 1 amide bonds. The number of amides is 1. The number of benzene rings is 1. The minimum atomic E-state index is -0.713. The topological polar surface area (TPSA) is 136 Å². The molecule has 9 nitrogen and oxygen atoms in total. The summed E-state index contributed by atoms with van der Waals surface area (Å²) in [6.07, 6.45) is 8.71. The third-order valence-corrected chi connectivity index (χ3v) is 6.42. The molecule has 4 rings (SSSR count). The van der Waals surface area contributed by atoms with Crippen molar-refractivity contribution in [3.63, 3.8) is 0 Å². The Morgan fingerprint density at radius 1 is 1.21 bits per heavy atom. The van der Waals surface area contributed by atoms with Gasteiger partial charge in [-0.2, -0.15) is 5.26 Å². The van der Waals surface area contributed by atoms with Crippen LogP contribution >= 0.6 is 0 Å². The minimum Gasteiger partial charge on any atom is -0.443 e. The highest BCUT2D eigenvalue weighted by molar-refractivity contribution is 5.99. The van der Waals surface area contributed by atoms with Crippen LogP contribution in [0.1, 0.15) is 25.8 Å². The number of esters is 1. The highest BCUT2D eigenvalue weighted by Crippen LogP contribution is 2.33. The van der Waals surface area contributed by atoms with Crippen LogP contribution in [0.15, 0.2) is 73.8 Å². The van der Waals surface area contributed by atoms with Gasteiger partial charge in [0.1, 0.15) is 11.7 Å². The normalized spacial score (nSPS) is 12.4. The van der Waals surface area contributed by atoms with Gasteiger partial charge in [-0.25, -0.2) is 4.98 Å². The van der Waals surface area contributed by atoms with Crippen molar-refractivity contribution in [2.45, 2.75) is 33.0 Å². The Labute approximate surface area is 220 Å². The van der Waals surface area contributed by atoms with Gasteiger partial charge in [0.05, 0.1) is 23.5 Å². The average molecular weight is 509 g/mol. The number of hydrogen-bond donors (Lipinski definition) is 2. The molecular weight excluding hydrogens is 480 g/mol. The molecule has 38 heavy (non-hydrogen) atoms. The maximum absolute atomic E-state index is 12.5. The summed E-state index contributed by atoms with van der Waals surface area (Å²) >= 11 is 0. The number of anilines is 1. The van der Waals surface area contributed by atoms with Gasteiger partial charge < -0.3 is 15.8 Å². The lowest BCUT2D eigenvalue weighted by Gasteiger charge is -2.17. The maximum Gasteiger partial charge on any atom is 0.324 e. The molecule has 3 heterocycles. The Kier molecular flexibility index (Phi) is 7.94. The zero-order valence-corrected chi connectivity index (χ0v) is 21.2. The van der Waals surface area contributed by atoms with Crippen LogP contribution in [-0.2, 0) is 21.1 Å². The summed E-state index contributed by atoms with van der Waals surface area (Å²) in [6.45, 7) is 7.29. The SMILES string of the molecule is C=CC(=O)Nc1cncc(-c2cnc3c(c2)c(-c2cccc(C#N)c2)cn3COC(=O)[C@@H](N)[C@@H](C)CC)c1. The molecule has 0 unspecified atom stereocenters. The fourth-order valence-electron chi connectivity index (χ4n) is 3.99. The molecule has 0 aliphatic rings. The van der Waals surface area contributed by atoms with E-state index in [1.807, 2.05) is 38.2 Å². The number of nitrogens with two attached hydrogens (primary N) is 1. The molecule has 4 aromatic rings. The number of rotatable bonds is 9. The van der Waals surface area contributed by atoms with E-state index in [2.05, 4.69) is 27.9 Å². The van der Waals surface area contributed by atoms with Gasteiger partial charge in [-0.1, -0.05) is 39.0 Å². The summed E-state index contributed by atoms with van der Waals surface area (Å²) in [7, 11) is 0. The second-order valence-corrected chi connectivity index (χ2v) is 8.96. The van der Waals surface area contributed by atoms with Crippen LogP contribution in [0.3, 0.4) is 0 Å². The zero-order chi connectivity index (χ0) is 27.2. The molecule has 9 heteroatoms. The number of fused-ring (bicyclic) bond motifs is 1. The Bertz CT molecular complexity index is 1550. The van der Waals surface area contributed by atoms with Crippen LogP contribution in [-0.4, -0.2) is 32.5 Å². The van der Waals surface area contributed by atoms with Gasteiger partial charge >= 0.3 is 5.97 Å². The zero-order valence-electron chi connectivity index (χ0n) is 21.2. The van der Waals surface area contributed by atoms with Crippen molar-refractivity contribution in [3.8, 4) is 28.3 Å². The highest BCUT2D eigenvalue weighted by atomic mass is 16.5. The van der Waals surface area contributed by atoms with Crippen molar-refractivity contribution >= 4 is 28.6 Å². The summed E-state index contributed by atoms with van der Waals surface area (Å²) in [5, 5.41) is 12.9. The molecular formula is C29H28N6O3. The van der Waals surface area contributed by atoms with E-state index in [1.165, 1.54) is 6.08 Å². The minimum absolute atomic E-state index is 0.00508. The highest BCUT2D eigenvalue weighted by Gasteiger charge is 2.22. The van der Waals surface area contributed by atoms with E-state index in [9.17, 15) is 14.9 Å². The number of carbonyl (C=O) groups excluding carboxylic acids is 2. The number of pyridine rings is 2. The second-order valence-electron chi connectivity index (χ2n) is 8.96. The first kappa shape index (κ1) is 26.3. The largest absolute Gasteiger partial charge is 0.443 e. The lowest BCUT2D eigenvalue weighted by molar-refractivity contribution is -0.150. The number of carbonyl (C=O) groups is 2. The van der Waals surface area contributed by atoms with Crippen molar-refractivity contribution in [1.82, 2.24) is 14.5 Å². The molecule has 0 radical (unpaired) electrons. The molecule has 0 spiro atoms. The summed E-state index contributed by atoms with van der Waals surface area (Å²) in [6, 6.07) is 12.5. The number of hydrogen-bond acceptors (Lipinski definition) is 7. The summed E-state index contributed by atoms with van der Waals surface area (Å²) in [5.74, 6) is -0.818. The molecule has 0 saturated carbocycles. The Balaban J connectivity index is 1.76. The molecule has 0 bridgehead atoms. The smallest absolute Gasteiger partial charge is 0.324 e. The van der Waals surface area contributed by atoms with Gasteiger partial charge in [-0.05, 0) is 41.8 Å². The summed E-state index contributed by atoms with van der Waals surface area (Å²) < 4.78 is 7.29. The van der Waals surface area contributed by atoms with Crippen molar-refractivity contribution in [3.05, 3.63) is 79.4 Å². The Morgan fingerprint density at radius 2 is 2.00 bits per heavy atom. The van der Waals surface area contributed by atoms with Crippen LogP contribution in [0, 0.1) is 17.2 Å². The van der Waals surface area contributed by atoms with Gasteiger partial charge in [-0.15, -0.1) is 0 Å². The number of aromatic nitrogens is 3. The predicted molar refractivity (Wildman–Crippen MR) is 145 cm³/mol. The number of ether oxygens (including phenoxy) is 1. The van der Waals surface area contributed by atoms with Gasteiger partial charge in [0.15, 0.2) is 6.73 Å². The molecule has 1 aromatic carbocycles. The quantitative estimate of drug-likeness (QED) is 0.248. The third kappa shape index (κ3) is 5.61. The van der Waals surface area contributed by atoms with E-state index in [0.29, 0.717) is 16.9 Å². The average Bonchev–Trinajstić information content (AvgIpc) is 3.32. The standard InChI is InChI=1S/C29H28N6O3/c1-4-18(3)27(31)29(37)38-17-35-16-25(20-8-6-7-19(9-20)12-30)24-11-22(14-33-28(24)35)21-10-23(15-32-13-21)34-26(36)5-2/h5-11,13-16,18,27H,2,4,17,31H2,1,3H3,(H,34,36)/t18-,27-/m0/s1. The molecule has 0 aliphatic heterocycles. The lowest BCUT2D eigenvalue weighted by Crippen LogP contribution is -2.38. The van der Waals surface area contributed by atoms with Crippen molar-refractivity contribution < 1.29 is 14.3 Å². The van der Waals surface area contributed by atoms with Crippen LogP contribution in [0.2, 0.25) is 0 Å². The van der Waals surface area contributed by atoms with Crippen LogP contribution < -0.4 is 11.1 Å². The number of nitrogens with zero attached hydrogens (tertiary/aromatic N) is 4. The maximum atomic E-state index is 12.5. The molecule has 2 atom stereocenters. The first-order valence-electron chi connectivity index (χ1n) is 12.1. The van der Waals surface area contributed by atoms with Gasteiger partial charge in [0, 0.05) is 40.7 Å². The molecule has 192 valence electrons. The first-order chi connectivity index (χ1) is 18.3. The van der Waals surface area contributed by atoms with Crippen molar-refractivity contribution in [1.29, 1.82) is 5.26 Å². The summed E-state index contributed by atoms with van der Waals surface area (Å²) in [5.41, 5.74) is 10.8. The van der Waals surface area contributed by atoms with Crippen LogP contribution in [0.4, 0.5) is 5.69 Å². The molecule has 0 saturated heterocycles. The number of nitriles is 1. The van der Waals surface area contributed by atoms with E-state index in [-0.39, 0.29) is 18.6 Å². The lowest BCUT2D eigenvalue weighted by atomic mass is 10.0. The van der Waals surface area contributed by atoms with Gasteiger partial charge in [-0.3, -0.25) is 19.1 Å². The van der Waals surface area contributed by atoms with E-state index in [0.717, 1.165) is 34.1 Å². The number of nitrogens with one attached hydrogen (secondary N) is 1. The molecule has 3 aromatic heterocycles. The molecule has 3 N–H and O–H groups in total. The van der Waals surface area contributed by atoms with Crippen LogP contribution in [0.5, 0.6) is 0 Å². The van der Waals surface area contributed by atoms with Crippen LogP contribution in [0.25, 0.3) is 33.3 Å². The van der Waals surface area contributed by atoms with Crippen molar-refractivity contribution in [2.75, 3.05) is 5.32 Å². The fraction of sp³-hybridized carbons (Fsp3) is 0.207. The third-order valence-electron chi connectivity index (χ3n) is 6.42. The van der Waals surface area contributed by atoms with Gasteiger partial charge in [0.25, 0.3) is 0 Å². The Morgan fingerprint density at radius 3 is 2.74 bits per heavy atom. The molecule has 0 aliphatic carbocycles.